The van der Waals surface area contributed by atoms with Crippen molar-refractivity contribution in [3.8, 4) is 11.1 Å². The molecule has 0 amide bonds. The number of para-hydroxylation sites is 1. The molecule has 7 heteroatoms. The Hall–Kier alpha value is -2.48. The Labute approximate surface area is 164 Å². The number of hydrogen-bond donors (Lipinski definition) is 1. The smallest absolute Gasteiger partial charge is 0.242 e. The first-order valence-corrected chi connectivity index (χ1v) is 10.4. The third-order valence-corrected chi connectivity index (χ3v) is 6.59. The third-order valence-electron chi connectivity index (χ3n) is 4.78. The van der Waals surface area contributed by atoms with Gasteiger partial charge in [-0.25, -0.2) is 17.1 Å². The topological polar surface area (TPSA) is 68.3 Å². The number of benzene rings is 2. The maximum Gasteiger partial charge on any atom is 0.242 e. The second-order valence-corrected chi connectivity index (χ2v) is 8.92. The number of hydrogen-bond acceptors (Lipinski definition) is 3. The Balaban J connectivity index is 2.23. The van der Waals surface area contributed by atoms with Crippen molar-refractivity contribution in [1.82, 2.24) is 8.87 Å². The van der Waals surface area contributed by atoms with Crippen LogP contribution in [0.4, 0.5) is 4.39 Å². The molecular formula is C21H24FN3O2S. The number of nitrogens with two attached hydrogens (primary N) is 1. The van der Waals surface area contributed by atoms with Crippen molar-refractivity contribution in [2.24, 2.45) is 5.73 Å². The van der Waals surface area contributed by atoms with Crippen molar-refractivity contribution in [3.05, 3.63) is 66.1 Å². The lowest BCUT2D eigenvalue weighted by Gasteiger charge is -2.13. The fourth-order valence-corrected chi connectivity index (χ4v) is 4.31. The summed E-state index contributed by atoms with van der Waals surface area (Å²) in [5, 5.41) is 0.944. The van der Waals surface area contributed by atoms with Crippen LogP contribution in [0.2, 0.25) is 0 Å². The number of fused-ring (bicyclic) bond motifs is 1. The molecule has 0 bridgehead atoms. The molecule has 0 spiro atoms. The van der Waals surface area contributed by atoms with Gasteiger partial charge in [0.25, 0.3) is 0 Å². The summed E-state index contributed by atoms with van der Waals surface area (Å²) in [5.41, 5.74) is 8.84. The van der Waals surface area contributed by atoms with Crippen LogP contribution in [0, 0.1) is 6.92 Å². The Morgan fingerprint density at radius 3 is 2.57 bits per heavy atom. The van der Waals surface area contributed by atoms with Gasteiger partial charge < -0.3 is 10.3 Å². The molecule has 0 saturated carbocycles. The minimum Gasteiger partial charge on any atom is -0.337 e. The fraction of sp³-hybridized carbons (Fsp3) is 0.238. The minimum absolute atomic E-state index is 0.0826. The lowest BCUT2D eigenvalue weighted by molar-refractivity contribution is 0.521. The summed E-state index contributed by atoms with van der Waals surface area (Å²) in [6, 6.07) is 14.6. The van der Waals surface area contributed by atoms with Crippen molar-refractivity contribution < 1.29 is 12.8 Å². The molecule has 0 radical (unpaired) electrons. The zero-order valence-corrected chi connectivity index (χ0v) is 17.0. The van der Waals surface area contributed by atoms with Gasteiger partial charge in [-0.15, -0.1) is 0 Å². The number of nitrogens with zero attached hydrogens (tertiary/aromatic N) is 2. The molecule has 3 aromatic rings. The van der Waals surface area contributed by atoms with Crippen molar-refractivity contribution >= 4 is 20.9 Å². The van der Waals surface area contributed by atoms with Crippen LogP contribution < -0.4 is 5.73 Å². The highest BCUT2D eigenvalue weighted by Gasteiger charge is 2.20. The van der Waals surface area contributed by atoms with Crippen LogP contribution in [0.25, 0.3) is 22.0 Å². The van der Waals surface area contributed by atoms with Gasteiger partial charge in [-0.3, -0.25) is 0 Å². The standard InChI is InChI=1S/C21H24FN3O2S/c1-15-21(16-7-6-8-18(13-16)28(26,27)24(2)3)19-9-4-5-10-20(19)25(15)14-17(22)11-12-23/h4-11,13H,12,14,23H2,1-3H3/b17-11-. The van der Waals surface area contributed by atoms with E-state index in [0.29, 0.717) is 0 Å². The molecule has 0 atom stereocenters. The van der Waals surface area contributed by atoms with E-state index >= 15 is 0 Å². The zero-order chi connectivity index (χ0) is 20.5. The van der Waals surface area contributed by atoms with Gasteiger partial charge in [0.2, 0.25) is 10.0 Å². The quantitative estimate of drug-likeness (QED) is 0.685. The first kappa shape index (κ1) is 20.3. The van der Waals surface area contributed by atoms with Crippen molar-refractivity contribution in [1.29, 1.82) is 0 Å². The summed E-state index contributed by atoms with van der Waals surface area (Å²) in [6.07, 6.45) is 1.36. The SMILES string of the molecule is Cc1c(-c2cccc(S(=O)(=O)N(C)C)c2)c2ccccc2n1C/C(F)=C/CN. The normalized spacial score (nSPS) is 12.9. The van der Waals surface area contributed by atoms with E-state index in [2.05, 4.69) is 0 Å². The number of sulfonamides is 1. The zero-order valence-electron chi connectivity index (χ0n) is 16.2. The maximum atomic E-state index is 14.2. The van der Waals surface area contributed by atoms with Crippen LogP contribution in [-0.4, -0.2) is 37.9 Å². The average Bonchev–Trinajstić information content (AvgIpc) is 2.94. The van der Waals surface area contributed by atoms with Gasteiger partial charge >= 0.3 is 0 Å². The van der Waals surface area contributed by atoms with Crippen LogP contribution >= 0.6 is 0 Å². The van der Waals surface area contributed by atoms with Crippen molar-refractivity contribution in [3.63, 3.8) is 0 Å². The summed E-state index contributed by atoms with van der Waals surface area (Å²) in [6.45, 7) is 2.14. The van der Waals surface area contributed by atoms with Gasteiger partial charge in [-0.1, -0.05) is 30.3 Å². The Morgan fingerprint density at radius 1 is 1.18 bits per heavy atom. The molecule has 1 aromatic heterocycles. The first-order valence-electron chi connectivity index (χ1n) is 8.92. The Morgan fingerprint density at radius 2 is 1.89 bits per heavy atom. The van der Waals surface area contributed by atoms with Crippen LogP contribution in [0.15, 0.2) is 65.3 Å². The second kappa shape index (κ2) is 7.87. The Bertz CT molecular complexity index is 1150. The summed E-state index contributed by atoms with van der Waals surface area (Å²) in [4.78, 5) is 0.223. The van der Waals surface area contributed by atoms with Crippen LogP contribution in [-0.2, 0) is 16.6 Å². The van der Waals surface area contributed by atoms with Gasteiger partial charge in [-0.2, -0.15) is 0 Å². The van der Waals surface area contributed by atoms with Gasteiger partial charge in [0.05, 0.1) is 11.4 Å². The molecule has 0 saturated heterocycles. The molecule has 0 aliphatic rings. The van der Waals surface area contributed by atoms with E-state index in [-0.39, 0.29) is 23.8 Å². The van der Waals surface area contributed by atoms with Crippen LogP contribution in [0.5, 0.6) is 0 Å². The molecule has 28 heavy (non-hydrogen) atoms. The summed E-state index contributed by atoms with van der Waals surface area (Å²) in [5.74, 6) is -0.304. The van der Waals surface area contributed by atoms with Crippen molar-refractivity contribution in [2.75, 3.05) is 20.6 Å². The second-order valence-electron chi connectivity index (χ2n) is 6.77. The summed E-state index contributed by atoms with van der Waals surface area (Å²) < 4.78 is 42.3. The van der Waals surface area contributed by atoms with E-state index < -0.39 is 10.0 Å². The van der Waals surface area contributed by atoms with Crippen LogP contribution in [0.3, 0.4) is 0 Å². The van der Waals surface area contributed by atoms with E-state index in [4.69, 9.17) is 5.73 Å². The van der Waals surface area contributed by atoms with Gasteiger partial charge in [0.1, 0.15) is 5.83 Å². The van der Waals surface area contributed by atoms with E-state index in [1.807, 2.05) is 41.8 Å². The third kappa shape index (κ3) is 3.61. The lowest BCUT2D eigenvalue weighted by atomic mass is 10.0. The highest BCUT2D eigenvalue weighted by atomic mass is 32.2. The first-order chi connectivity index (χ1) is 13.3. The van der Waals surface area contributed by atoms with E-state index in [1.165, 1.54) is 24.5 Å². The molecule has 3 rings (SSSR count). The van der Waals surface area contributed by atoms with Crippen molar-refractivity contribution in [2.45, 2.75) is 18.4 Å². The summed E-state index contributed by atoms with van der Waals surface area (Å²) >= 11 is 0. The molecule has 2 aromatic carbocycles. The number of rotatable bonds is 6. The molecule has 0 aliphatic carbocycles. The molecular weight excluding hydrogens is 377 g/mol. The summed E-state index contributed by atoms with van der Waals surface area (Å²) in [7, 11) is -0.538. The highest BCUT2D eigenvalue weighted by molar-refractivity contribution is 7.89. The number of halogens is 1. The van der Waals surface area contributed by atoms with E-state index in [0.717, 1.165) is 27.7 Å². The predicted octanol–water partition coefficient (Wildman–Crippen LogP) is 3.68. The van der Waals surface area contributed by atoms with E-state index in [9.17, 15) is 12.8 Å². The molecule has 5 nitrogen and oxygen atoms in total. The van der Waals surface area contributed by atoms with Gasteiger partial charge in [-0.05, 0) is 36.8 Å². The average molecular weight is 402 g/mol. The largest absolute Gasteiger partial charge is 0.337 e. The molecule has 2 N–H and O–H groups in total. The molecule has 1 heterocycles. The van der Waals surface area contributed by atoms with Gasteiger partial charge in [0, 0.05) is 42.8 Å². The molecule has 148 valence electrons. The molecule has 0 fully saturated rings. The maximum absolute atomic E-state index is 14.2. The number of allylic oxidation sites excluding steroid dienone is 1. The lowest BCUT2D eigenvalue weighted by Crippen LogP contribution is -2.22. The number of aromatic nitrogens is 1. The highest BCUT2D eigenvalue weighted by Crippen LogP contribution is 2.36. The van der Waals surface area contributed by atoms with Gasteiger partial charge in [0.15, 0.2) is 0 Å². The minimum atomic E-state index is -3.55. The monoisotopic (exact) mass is 401 g/mol. The Kier molecular flexibility index (Phi) is 5.69. The van der Waals surface area contributed by atoms with E-state index in [1.54, 1.807) is 18.2 Å². The van der Waals surface area contributed by atoms with Crippen LogP contribution in [0.1, 0.15) is 5.69 Å². The predicted molar refractivity (Wildman–Crippen MR) is 111 cm³/mol. The fourth-order valence-electron chi connectivity index (χ4n) is 3.37. The molecule has 0 aliphatic heterocycles. The molecule has 0 unspecified atom stereocenters.